The van der Waals surface area contributed by atoms with Crippen LogP contribution in [0.5, 0.6) is 5.75 Å². The second kappa shape index (κ2) is 10.3. The molecule has 2 aromatic rings. The molecular weight excluding hydrogens is 432 g/mol. The molecule has 2 heterocycles. The minimum absolute atomic E-state index is 0.00197. The van der Waals surface area contributed by atoms with Crippen molar-refractivity contribution in [2.75, 3.05) is 19.7 Å². The number of hydrogen-bond donors (Lipinski definition) is 0. The first-order chi connectivity index (χ1) is 15.5. The van der Waals surface area contributed by atoms with Gasteiger partial charge in [-0.1, -0.05) is 39.8 Å². The van der Waals surface area contributed by atoms with Gasteiger partial charge in [0.2, 0.25) is 11.8 Å². The molecule has 1 aromatic heterocycles. The van der Waals surface area contributed by atoms with Gasteiger partial charge >= 0.3 is 0 Å². The van der Waals surface area contributed by atoms with Crippen LogP contribution in [-0.4, -0.2) is 46.8 Å². The summed E-state index contributed by atoms with van der Waals surface area (Å²) in [5.41, 5.74) is 2.01. The van der Waals surface area contributed by atoms with E-state index >= 15 is 0 Å². The molecule has 0 spiro atoms. The molecule has 5 nitrogen and oxygen atoms in total. The highest BCUT2D eigenvalue weighted by Gasteiger charge is 2.36. The predicted molar refractivity (Wildman–Crippen MR) is 135 cm³/mol. The molecule has 0 fully saturated rings. The van der Waals surface area contributed by atoms with Crippen LogP contribution in [0.3, 0.4) is 0 Å². The fraction of sp³-hybridized carbons (Fsp3) is 0.556. The zero-order valence-corrected chi connectivity index (χ0v) is 21.9. The highest BCUT2D eigenvalue weighted by molar-refractivity contribution is 7.10. The van der Waals surface area contributed by atoms with E-state index in [9.17, 15) is 9.59 Å². The minimum Gasteiger partial charge on any atom is -0.491 e. The van der Waals surface area contributed by atoms with Crippen LogP contribution < -0.4 is 4.74 Å². The quantitative estimate of drug-likeness (QED) is 0.525. The number of carbonyl (C=O) groups is 2. The Balaban J connectivity index is 1.79. The number of hydrogen-bond acceptors (Lipinski definition) is 4. The Kier molecular flexibility index (Phi) is 7.88. The van der Waals surface area contributed by atoms with Crippen molar-refractivity contribution in [2.45, 2.75) is 72.4 Å². The van der Waals surface area contributed by atoms with Gasteiger partial charge in [0.25, 0.3) is 0 Å². The standard InChI is InChI=1S/C27H38N2O3S/c1-18(2)20-8-10-21(11-9-20)32-17-23-22-13-15-33-24(22)12-14-28(23)25(30)16-29(27(5,6)7)26(31)19(3)4/h8-11,13,15,18-19,23H,12,14,16-17H2,1-7H3. The van der Waals surface area contributed by atoms with E-state index in [2.05, 4.69) is 37.4 Å². The second-order valence-corrected chi connectivity index (χ2v) is 11.4. The molecule has 33 heavy (non-hydrogen) atoms. The highest BCUT2D eigenvalue weighted by atomic mass is 32.1. The predicted octanol–water partition coefficient (Wildman–Crippen LogP) is 5.66. The maximum absolute atomic E-state index is 13.5. The Morgan fingerprint density at radius 3 is 2.36 bits per heavy atom. The van der Waals surface area contributed by atoms with E-state index in [-0.39, 0.29) is 30.3 Å². The summed E-state index contributed by atoms with van der Waals surface area (Å²) in [6.45, 7) is 15.2. The summed E-state index contributed by atoms with van der Waals surface area (Å²) in [4.78, 5) is 31.3. The minimum atomic E-state index is -0.426. The first kappa shape index (κ1) is 25.3. The maximum Gasteiger partial charge on any atom is 0.242 e. The summed E-state index contributed by atoms with van der Waals surface area (Å²) in [6.07, 6.45) is 0.839. The third kappa shape index (κ3) is 5.97. The van der Waals surface area contributed by atoms with E-state index in [4.69, 9.17) is 4.74 Å². The molecule has 0 saturated carbocycles. The van der Waals surface area contributed by atoms with Crippen LogP contribution in [0.4, 0.5) is 0 Å². The average Bonchev–Trinajstić information content (AvgIpc) is 3.23. The molecule has 1 aliphatic rings. The molecule has 1 unspecified atom stereocenters. The Morgan fingerprint density at radius 2 is 1.79 bits per heavy atom. The van der Waals surface area contributed by atoms with Crippen LogP contribution >= 0.6 is 11.3 Å². The first-order valence-electron chi connectivity index (χ1n) is 11.9. The van der Waals surface area contributed by atoms with Crippen molar-refractivity contribution in [1.29, 1.82) is 0 Å². The summed E-state index contributed by atoms with van der Waals surface area (Å²) in [5.74, 6) is 1.09. The monoisotopic (exact) mass is 470 g/mol. The number of rotatable bonds is 7. The summed E-state index contributed by atoms with van der Waals surface area (Å²) >= 11 is 1.74. The number of fused-ring (bicyclic) bond motifs is 1. The zero-order chi connectivity index (χ0) is 24.3. The van der Waals surface area contributed by atoms with Gasteiger partial charge in [0.15, 0.2) is 0 Å². The number of nitrogens with zero attached hydrogens (tertiary/aromatic N) is 2. The van der Waals surface area contributed by atoms with Gasteiger partial charge in [0, 0.05) is 22.9 Å². The molecule has 0 aliphatic carbocycles. The molecular formula is C27H38N2O3S. The molecule has 1 atom stereocenters. The molecule has 1 aliphatic heterocycles. The van der Waals surface area contributed by atoms with Crippen LogP contribution in [0.1, 0.15) is 76.4 Å². The van der Waals surface area contributed by atoms with Gasteiger partial charge in [0.1, 0.15) is 18.9 Å². The number of benzene rings is 1. The van der Waals surface area contributed by atoms with Gasteiger partial charge in [-0.3, -0.25) is 9.59 Å². The van der Waals surface area contributed by atoms with E-state index < -0.39 is 5.54 Å². The fourth-order valence-electron chi connectivity index (χ4n) is 4.18. The van der Waals surface area contributed by atoms with Crippen molar-refractivity contribution >= 4 is 23.2 Å². The molecule has 0 bridgehead atoms. The molecule has 180 valence electrons. The van der Waals surface area contributed by atoms with Crippen LogP contribution in [-0.2, 0) is 16.0 Å². The largest absolute Gasteiger partial charge is 0.491 e. The molecule has 2 amide bonds. The van der Waals surface area contributed by atoms with Gasteiger partial charge in [-0.2, -0.15) is 0 Å². The SMILES string of the molecule is CC(C)C(=O)N(CC(=O)N1CCc2sccc2C1COc1ccc(C(C)C)cc1)C(C)(C)C. The van der Waals surface area contributed by atoms with Crippen molar-refractivity contribution in [3.8, 4) is 5.75 Å². The lowest BCUT2D eigenvalue weighted by atomic mass is 9.99. The highest BCUT2D eigenvalue weighted by Crippen LogP contribution is 2.34. The number of amides is 2. The molecule has 3 rings (SSSR count). The molecule has 0 radical (unpaired) electrons. The van der Waals surface area contributed by atoms with Crippen molar-refractivity contribution in [3.05, 3.63) is 51.7 Å². The van der Waals surface area contributed by atoms with E-state index in [1.54, 1.807) is 16.2 Å². The Labute approximate surface area is 202 Å². The summed E-state index contributed by atoms with van der Waals surface area (Å²) in [7, 11) is 0. The number of thiophene rings is 1. The Morgan fingerprint density at radius 1 is 1.12 bits per heavy atom. The lowest BCUT2D eigenvalue weighted by Crippen LogP contribution is -2.54. The summed E-state index contributed by atoms with van der Waals surface area (Å²) < 4.78 is 6.18. The van der Waals surface area contributed by atoms with E-state index in [1.165, 1.54) is 10.4 Å². The van der Waals surface area contributed by atoms with Crippen LogP contribution in [0.15, 0.2) is 35.7 Å². The number of ether oxygens (including phenoxy) is 1. The van der Waals surface area contributed by atoms with Crippen LogP contribution in [0.2, 0.25) is 0 Å². The molecule has 0 N–H and O–H groups in total. The lowest BCUT2D eigenvalue weighted by molar-refractivity contribution is -0.148. The summed E-state index contributed by atoms with van der Waals surface area (Å²) in [5, 5.41) is 2.09. The topological polar surface area (TPSA) is 49.9 Å². The second-order valence-electron chi connectivity index (χ2n) is 10.4. The lowest BCUT2D eigenvalue weighted by Gasteiger charge is -2.40. The van der Waals surface area contributed by atoms with Gasteiger partial charge in [-0.05, 0) is 67.8 Å². The fourth-order valence-corrected chi connectivity index (χ4v) is 5.11. The van der Waals surface area contributed by atoms with E-state index in [0.717, 1.165) is 17.7 Å². The molecule has 6 heteroatoms. The van der Waals surface area contributed by atoms with Gasteiger partial charge in [-0.25, -0.2) is 0 Å². The number of carbonyl (C=O) groups excluding carboxylic acids is 2. The Bertz CT molecular complexity index is 956. The third-order valence-corrected chi connectivity index (χ3v) is 7.23. The van der Waals surface area contributed by atoms with Crippen molar-refractivity contribution in [3.63, 3.8) is 0 Å². The molecule has 1 aromatic carbocycles. The zero-order valence-electron chi connectivity index (χ0n) is 21.1. The van der Waals surface area contributed by atoms with Gasteiger partial charge in [-0.15, -0.1) is 11.3 Å². The van der Waals surface area contributed by atoms with Crippen molar-refractivity contribution in [1.82, 2.24) is 9.80 Å². The van der Waals surface area contributed by atoms with Crippen molar-refractivity contribution < 1.29 is 14.3 Å². The smallest absolute Gasteiger partial charge is 0.242 e. The Hall–Kier alpha value is -2.34. The normalized spacial score (nSPS) is 16.2. The van der Waals surface area contributed by atoms with Crippen LogP contribution in [0.25, 0.3) is 0 Å². The van der Waals surface area contributed by atoms with Gasteiger partial charge < -0.3 is 14.5 Å². The third-order valence-electron chi connectivity index (χ3n) is 6.23. The summed E-state index contributed by atoms with van der Waals surface area (Å²) in [6, 6.07) is 10.1. The van der Waals surface area contributed by atoms with E-state index in [0.29, 0.717) is 19.1 Å². The van der Waals surface area contributed by atoms with E-state index in [1.807, 2.05) is 51.7 Å². The maximum atomic E-state index is 13.5. The van der Waals surface area contributed by atoms with Crippen molar-refractivity contribution in [2.24, 2.45) is 5.92 Å². The van der Waals surface area contributed by atoms with Gasteiger partial charge in [0.05, 0.1) is 6.04 Å². The first-order valence-corrected chi connectivity index (χ1v) is 12.8. The molecule has 0 saturated heterocycles. The average molecular weight is 471 g/mol. The van der Waals surface area contributed by atoms with Crippen LogP contribution in [0, 0.1) is 5.92 Å².